The van der Waals surface area contributed by atoms with Gasteiger partial charge in [0.25, 0.3) is 0 Å². The van der Waals surface area contributed by atoms with Gasteiger partial charge in [-0.3, -0.25) is 9.79 Å². The van der Waals surface area contributed by atoms with Gasteiger partial charge < -0.3 is 25.2 Å². The van der Waals surface area contributed by atoms with Gasteiger partial charge in [-0.1, -0.05) is 37.5 Å². The molecule has 0 spiro atoms. The average Bonchev–Trinajstić information content (AvgIpc) is 3.27. The number of guanidine groups is 1. The quantitative estimate of drug-likeness (QED) is 0.306. The van der Waals surface area contributed by atoms with Crippen LogP contribution in [0.5, 0.6) is 5.75 Å². The molecule has 1 saturated heterocycles. The Morgan fingerprint density at radius 3 is 2.59 bits per heavy atom. The number of benzene rings is 1. The van der Waals surface area contributed by atoms with E-state index in [-0.39, 0.29) is 42.0 Å². The van der Waals surface area contributed by atoms with Crippen LogP contribution in [0.3, 0.4) is 0 Å². The molecule has 0 aromatic heterocycles. The Kier molecular flexibility index (Phi) is 11.0. The molecule has 1 amide bonds. The summed E-state index contributed by atoms with van der Waals surface area (Å²) in [5, 5.41) is 7.00. The van der Waals surface area contributed by atoms with Crippen LogP contribution in [0.2, 0.25) is 0 Å². The molecule has 1 heterocycles. The predicted molar refractivity (Wildman–Crippen MR) is 141 cm³/mol. The summed E-state index contributed by atoms with van der Waals surface area (Å²) in [7, 11) is 7.64. The molecule has 32 heavy (non-hydrogen) atoms. The number of hydrogen-bond donors (Lipinski definition) is 2. The maximum Gasteiger partial charge on any atom is 0.225 e. The highest BCUT2D eigenvalue weighted by molar-refractivity contribution is 14.0. The number of hydrogen-bond acceptors (Lipinski definition) is 4. The lowest BCUT2D eigenvalue weighted by molar-refractivity contribution is -0.135. The van der Waals surface area contributed by atoms with Crippen molar-refractivity contribution in [3.63, 3.8) is 0 Å². The van der Waals surface area contributed by atoms with Crippen LogP contribution in [0.1, 0.15) is 50.1 Å². The summed E-state index contributed by atoms with van der Waals surface area (Å²) < 4.78 is 5.56. The summed E-state index contributed by atoms with van der Waals surface area (Å²) in [4.78, 5) is 21.5. The number of nitrogens with zero attached hydrogens (tertiary/aromatic N) is 3. The lowest BCUT2D eigenvalue weighted by Crippen LogP contribution is -2.47. The van der Waals surface area contributed by atoms with E-state index in [2.05, 4.69) is 45.6 Å². The van der Waals surface area contributed by atoms with E-state index in [1.54, 1.807) is 14.2 Å². The number of amides is 1. The predicted octanol–water partition coefficient (Wildman–Crippen LogP) is 3.26. The first-order chi connectivity index (χ1) is 15.0. The fourth-order valence-electron chi connectivity index (χ4n) is 4.78. The number of rotatable bonds is 7. The zero-order valence-corrected chi connectivity index (χ0v) is 22.3. The summed E-state index contributed by atoms with van der Waals surface area (Å²) in [5.41, 5.74) is 1.14. The summed E-state index contributed by atoms with van der Waals surface area (Å²) in [6.45, 7) is 2.30. The fourth-order valence-corrected chi connectivity index (χ4v) is 4.78. The summed E-state index contributed by atoms with van der Waals surface area (Å²) >= 11 is 0. The third-order valence-corrected chi connectivity index (χ3v) is 6.60. The van der Waals surface area contributed by atoms with Gasteiger partial charge >= 0.3 is 0 Å². The SMILES string of the molecule is CN=C(NCC(c1ccccc1OC)N(C)C)NC1CCN(C(=O)C2CCCCC2)C1.I. The molecule has 1 aliphatic carbocycles. The van der Waals surface area contributed by atoms with E-state index < -0.39 is 0 Å². The summed E-state index contributed by atoms with van der Waals surface area (Å²) in [6, 6.07) is 8.51. The maximum atomic E-state index is 12.8. The standard InChI is InChI=1S/C24H39N5O2.HI/c1-25-24(26-16-21(28(2)3)20-12-8-9-13-22(20)31-4)27-19-14-15-29(17-19)23(30)18-10-6-5-7-11-18;/h8-9,12-13,18-19,21H,5-7,10-11,14-17H2,1-4H3,(H2,25,26,27);1H. The summed E-state index contributed by atoms with van der Waals surface area (Å²) in [6.07, 6.45) is 6.75. The van der Waals surface area contributed by atoms with Gasteiger partial charge in [-0.2, -0.15) is 0 Å². The zero-order chi connectivity index (χ0) is 22.2. The van der Waals surface area contributed by atoms with Crippen molar-refractivity contribution >= 4 is 35.8 Å². The molecule has 3 rings (SSSR count). The molecule has 2 N–H and O–H groups in total. The molecule has 2 fully saturated rings. The molecular weight excluding hydrogens is 517 g/mol. The van der Waals surface area contributed by atoms with E-state index in [1.165, 1.54) is 19.3 Å². The molecule has 8 heteroatoms. The molecule has 1 saturated carbocycles. The van der Waals surface area contributed by atoms with Crippen LogP contribution >= 0.6 is 24.0 Å². The van der Waals surface area contributed by atoms with Gasteiger partial charge in [0, 0.05) is 44.2 Å². The fraction of sp³-hybridized carbons (Fsp3) is 0.667. The number of para-hydroxylation sites is 1. The topological polar surface area (TPSA) is 69.2 Å². The minimum absolute atomic E-state index is 0. The number of likely N-dealkylation sites (N-methyl/N-ethyl adjacent to an activating group) is 1. The first kappa shape index (κ1) is 26.7. The van der Waals surface area contributed by atoms with E-state index in [4.69, 9.17) is 4.74 Å². The number of halogens is 1. The molecule has 2 unspecified atom stereocenters. The van der Waals surface area contributed by atoms with Crippen LogP contribution in [-0.4, -0.2) is 75.6 Å². The molecule has 1 aromatic rings. The largest absolute Gasteiger partial charge is 0.496 e. The van der Waals surface area contributed by atoms with Crippen LogP contribution in [0.4, 0.5) is 0 Å². The molecule has 1 aromatic carbocycles. The molecule has 2 atom stereocenters. The summed E-state index contributed by atoms with van der Waals surface area (Å²) in [5.74, 6) is 2.26. The lowest BCUT2D eigenvalue weighted by Gasteiger charge is -2.28. The Bertz CT molecular complexity index is 752. The first-order valence-corrected chi connectivity index (χ1v) is 11.6. The second-order valence-corrected chi connectivity index (χ2v) is 8.92. The van der Waals surface area contributed by atoms with Gasteiger partial charge in [-0.15, -0.1) is 24.0 Å². The first-order valence-electron chi connectivity index (χ1n) is 11.6. The normalized spacial score (nSPS) is 20.6. The highest BCUT2D eigenvalue weighted by Crippen LogP contribution is 2.28. The van der Waals surface area contributed by atoms with Crippen molar-refractivity contribution in [2.24, 2.45) is 10.9 Å². The van der Waals surface area contributed by atoms with E-state index in [9.17, 15) is 4.79 Å². The Morgan fingerprint density at radius 1 is 1.22 bits per heavy atom. The second-order valence-electron chi connectivity index (χ2n) is 8.92. The maximum absolute atomic E-state index is 12.8. The Hall–Kier alpha value is -1.55. The van der Waals surface area contributed by atoms with Crippen molar-refractivity contribution in [2.45, 2.75) is 50.6 Å². The number of aliphatic imine (C=N–C) groups is 1. The third-order valence-electron chi connectivity index (χ3n) is 6.60. The second kappa shape index (κ2) is 13.2. The van der Waals surface area contributed by atoms with Crippen LogP contribution in [0.25, 0.3) is 0 Å². The molecular formula is C24H40IN5O2. The van der Waals surface area contributed by atoms with Gasteiger partial charge in [0.15, 0.2) is 5.96 Å². The minimum Gasteiger partial charge on any atom is -0.496 e. The van der Waals surface area contributed by atoms with Crippen molar-refractivity contribution in [1.82, 2.24) is 20.4 Å². The zero-order valence-electron chi connectivity index (χ0n) is 20.0. The van der Waals surface area contributed by atoms with Crippen LogP contribution in [-0.2, 0) is 4.79 Å². The van der Waals surface area contributed by atoms with Gasteiger partial charge in [-0.05, 0) is 39.4 Å². The van der Waals surface area contributed by atoms with E-state index in [0.29, 0.717) is 12.5 Å². The molecule has 7 nitrogen and oxygen atoms in total. The number of carbonyl (C=O) groups excluding carboxylic acids is 1. The Morgan fingerprint density at radius 2 is 1.94 bits per heavy atom. The molecule has 0 bridgehead atoms. The van der Waals surface area contributed by atoms with Crippen molar-refractivity contribution in [2.75, 3.05) is 47.9 Å². The van der Waals surface area contributed by atoms with Crippen LogP contribution in [0.15, 0.2) is 29.3 Å². The van der Waals surface area contributed by atoms with E-state index in [0.717, 1.165) is 49.6 Å². The Labute approximate surface area is 210 Å². The molecule has 2 aliphatic rings. The van der Waals surface area contributed by atoms with Gasteiger partial charge in [-0.25, -0.2) is 0 Å². The minimum atomic E-state index is 0. The van der Waals surface area contributed by atoms with E-state index in [1.807, 2.05) is 18.2 Å². The highest BCUT2D eigenvalue weighted by atomic mass is 127. The van der Waals surface area contributed by atoms with Crippen molar-refractivity contribution in [3.8, 4) is 5.75 Å². The number of nitrogens with one attached hydrogen (secondary N) is 2. The number of methoxy groups -OCH3 is 1. The monoisotopic (exact) mass is 557 g/mol. The van der Waals surface area contributed by atoms with Crippen molar-refractivity contribution in [3.05, 3.63) is 29.8 Å². The Balaban J connectivity index is 0.00000363. The van der Waals surface area contributed by atoms with E-state index >= 15 is 0 Å². The average molecular weight is 558 g/mol. The van der Waals surface area contributed by atoms with Gasteiger partial charge in [0.05, 0.1) is 13.2 Å². The molecule has 1 aliphatic heterocycles. The number of ether oxygens (including phenoxy) is 1. The number of carbonyl (C=O) groups is 1. The molecule has 0 radical (unpaired) electrons. The van der Waals surface area contributed by atoms with Crippen molar-refractivity contribution < 1.29 is 9.53 Å². The third kappa shape index (κ3) is 6.97. The lowest BCUT2D eigenvalue weighted by atomic mass is 9.88. The van der Waals surface area contributed by atoms with Crippen LogP contribution < -0.4 is 15.4 Å². The van der Waals surface area contributed by atoms with Gasteiger partial charge in [0.1, 0.15) is 5.75 Å². The van der Waals surface area contributed by atoms with Gasteiger partial charge in [0.2, 0.25) is 5.91 Å². The number of likely N-dealkylation sites (tertiary alicyclic amines) is 1. The highest BCUT2D eigenvalue weighted by Gasteiger charge is 2.32. The smallest absolute Gasteiger partial charge is 0.225 e. The van der Waals surface area contributed by atoms with Crippen molar-refractivity contribution in [1.29, 1.82) is 0 Å². The van der Waals surface area contributed by atoms with Crippen LogP contribution in [0, 0.1) is 5.92 Å². The molecule has 180 valence electrons.